The standard InChI is InChI=1S/C14H26N2O3/c1-13(2,3)19-12(18)16-8-5-11(17)14(10-16)6-4-7-15-9-14/h11,15,17H,4-10H2,1-3H3. The summed E-state index contributed by atoms with van der Waals surface area (Å²) in [6.07, 6.45) is 2.09. The number of amides is 1. The van der Waals surface area contributed by atoms with Gasteiger partial charge in [0.15, 0.2) is 0 Å². The fourth-order valence-corrected chi connectivity index (χ4v) is 3.04. The minimum Gasteiger partial charge on any atom is -0.444 e. The number of ether oxygens (including phenoxy) is 1. The Bertz CT molecular complexity index is 332. The maximum atomic E-state index is 12.1. The van der Waals surface area contributed by atoms with E-state index >= 15 is 0 Å². The zero-order valence-electron chi connectivity index (χ0n) is 12.2. The number of likely N-dealkylation sites (tertiary alicyclic amines) is 1. The summed E-state index contributed by atoms with van der Waals surface area (Å²) < 4.78 is 5.43. The molecule has 2 atom stereocenters. The quantitative estimate of drug-likeness (QED) is 0.697. The van der Waals surface area contributed by atoms with Gasteiger partial charge in [-0.1, -0.05) is 0 Å². The average molecular weight is 270 g/mol. The number of aliphatic hydroxyl groups is 1. The Hall–Kier alpha value is -0.810. The van der Waals surface area contributed by atoms with Crippen molar-refractivity contribution in [3.05, 3.63) is 0 Å². The monoisotopic (exact) mass is 270 g/mol. The van der Waals surface area contributed by atoms with Gasteiger partial charge in [-0.25, -0.2) is 4.79 Å². The van der Waals surface area contributed by atoms with Crippen LogP contribution in [0.1, 0.15) is 40.0 Å². The number of carbonyl (C=O) groups excluding carboxylic acids is 1. The molecule has 2 aliphatic heterocycles. The van der Waals surface area contributed by atoms with E-state index in [4.69, 9.17) is 4.74 Å². The highest BCUT2D eigenvalue weighted by Gasteiger charge is 2.45. The molecule has 2 saturated heterocycles. The molecular formula is C14H26N2O3. The fraction of sp³-hybridized carbons (Fsp3) is 0.929. The number of carbonyl (C=O) groups is 1. The van der Waals surface area contributed by atoms with Gasteiger partial charge in [-0.15, -0.1) is 0 Å². The van der Waals surface area contributed by atoms with E-state index in [0.717, 1.165) is 25.9 Å². The second-order valence-electron chi connectivity index (χ2n) is 6.85. The number of aliphatic hydroxyl groups excluding tert-OH is 1. The van der Waals surface area contributed by atoms with Gasteiger partial charge in [-0.3, -0.25) is 0 Å². The van der Waals surface area contributed by atoms with Gasteiger partial charge in [0.1, 0.15) is 5.60 Å². The van der Waals surface area contributed by atoms with Crippen molar-refractivity contribution in [2.75, 3.05) is 26.2 Å². The van der Waals surface area contributed by atoms with Crippen LogP contribution in [-0.2, 0) is 4.74 Å². The number of hydrogen-bond acceptors (Lipinski definition) is 4. The molecule has 0 bridgehead atoms. The summed E-state index contributed by atoms with van der Waals surface area (Å²) in [6.45, 7) is 8.59. The van der Waals surface area contributed by atoms with Crippen LogP contribution in [-0.4, -0.2) is 54.0 Å². The van der Waals surface area contributed by atoms with Crippen molar-refractivity contribution in [1.29, 1.82) is 0 Å². The molecule has 2 fully saturated rings. The molecule has 110 valence electrons. The highest BCUT2D eigenvalue weighted by atomic mass is 16.6. The van der Waals surface area contributed by atoms with Crippen molar-refractivity contribution in [2.45, 2.75) is 51.7 Å². The number of piperidine rings is 2. The minimum absolute atomic E-state index is 0.187. The molecule has 0 aromatic rings. The molecule has 0 aromatic heterocycles. The molecule has 0 aromatic carbocycles. The van der Waals surface area contributed by atoms with Crippen molar-refractivity contribution in [2.24, 2.45) is 5.41 Å². The molecule has 1 spiro atoms. The van der Waals surface area contributed by atoms with Crippen LogP contribution in [0.3, 0.4) is 0 Å². The molecule has 2 rings (SSSR count). The van der Waals surface area contributed by atoms with Gasteiger partial charge < -0.3 is 20.1 Å². The molecule has 0 saturated carbocycles. The van der Waals surface area contributed by atoms with Crippen molar-refractivity contribution in [3.63, 3.8) is 0 Å². The normalized spacial score (nSPS) is 32.4. The zero-order chi connectivity index (χ0) is 14.1. The molecule has 0 aliphatic carbocycles. The fourth-order valence-electron chi connectivity index (χ4n) is 3.04. The Morgan fingerprint density at radius 2 is 2.21 bits per heavy atom. The molecule has 19 heavy (non-hydrogen) atoms. The van der Waals surface area contributed by atoms with Crippen molar-refractivity contribution in [3.8, 4) is 0 Å². The van der Waals surface area contributed by atoms with Gasteiger partial charge in [-0.2, -0.15) is 0 Å². The first-order valence-electron chi connectivity index (χ1n) is 7.19. The summed E-state index contributed by atoms with van der Waals surface area (Å²) >= 11 is 0. The lowest BCUT2D eigenvalue weighted by Crippen LogP contribution is -2.59. The van der Waals surface area contributed by atoms with Crippen LogP contribution in [0.4, 0.5) is 4.79 Å². The Balaban J connectivity index is 2.02. The summed E-state index contributed by atoms with van der Waals surface area (Å²) in [6, 6.07) is 0. The van der Waals surface area contributed by atoms with E-state index in [1.165, 1.54) is 0 Å². The highest BCUT2D eigenvalue weighted by Crippen LogP contribution is 2.36. The van der Waals surface area contributed by atoms with Gasteiger partial charge in [0.2, 0.25) is 0 Å². The molecule has 2 aliphatic rings. The highest BCUT2D eigenvalue weighted by molar-refractivity contribution is 5.68. The Morgan fingerprint density at radius 1 is 1.47 bits per heavy atom. The van der Waals surface area contributed by atoms with Crippen LogP contribution < -0.4 is 5.32 Å². The molecule has 5 nitrogen and oxygen atoms in total. The van der Waals surface area contributed by atoms with Crippen molar-refractivity contribution >= 4 is 6.09 Å². The minimum atomic E-state index is -0.467. The second kappa shape index (κ2) is 5.29. The lowest BCUT2D eigenvalue weighted by atomic mass is 9.72. The maximum Gasteiger partial charge on any atom is 0.410 e. The largest absolute Gasteiger partial charge is 0.444 e. The lowest BCUT2D eigenvalue weighted by Gasteiger charge is -2.48. The average Bonchev–Trinajstić information content (AvgIpc) is 2.32. The number of rotatable bonds is 0. The summed E-state index contributed by atoms with van der Waals surface area (Å²) in [7, 11) is 0. The van der Waals surface area contributed by atoms with E-state index in [1.807, 2.05) is 20.8 Å². The van der Waals surface area contributed by atoms with Crippen molar-refractivity contribution < 1.29 is 14.6 Å². The first-order chi connectivity index (χ1) is 8.82. The first-order valence-corrected chi connectivity index (χ1v) is 7.19. The Morgan fingerprint density at radius 3 is 2.79 bits per heavy atom. The Kier molecular flexibility index (Phi) is 4.06. The van der Waals surface area contributed by atoms with E-state index in [-0.39, 0.29) is 17.6 Å². The third kappa shape index (κ3) is 3.39. The molecule has 1 amide bonds. The van der Waals surface area contributed by atoms with E-state index < -0.39 is 5.60 Å². The summed E-state index contributed by atoms with van der Waals surface area (Å²) in [5.74, 6) is 0. The van der Waals surface area contributed by atoms with E-state index in [0.29, 0.717) is 19.5 Å². The smallest absolute Gasteiger partial charge is 0.410 e. The molecule has 2 N–H and O–H groups in total. The number of hydrogen-bond donors (Lipinski definition) is 2. The van der Waals surface area contributed by atoms with Crippen LogP contribution in [0, 0.1) is 5.41 Å². The summed E-state index contributed by atoms with van der Waals surface area (Å²) in [5.41, 5.74) is -0.654. The molecular weight excluding hydrogens is 244 g/mol. The zero-order valence-corrected chi connectivity index (χ0v) is 12.2. The van der Waals surface area contributed by atoms with Crippen LogP contribution in [0.5, 0.6) is 0 Å². The third-order valence-electron chi connectivity index (χ3n) is 4.04. The molecule has 2 unspecified atom stereocenters. The number of nitrogens with zero attached hydrogens (tertiary/aromatic N) is 1. The van der Waals surface area contributed by atoms with Gasteiger partial charge in [0.25, 0.3) is 0 Å². The summed E-state index contributed by atoms with van der Waals surface area (Å²) in [5, 5.41) is 13.6. The van der Waals surface area contributed by atoms with Gasteiger partial charge in [-0.05, 0) is 46.6 Å². The molecule has 0 radical (unpaired) electrons. The van der Waals surface area contributed by atoms with Gasteiger partial charge in [0.05, 0.1) is 6.10 Å². The van der Waals surface area contributed by atoms with E-state index in [2.05, 4.69) is 5.32 Å². The van der Waals surface area contributed by atoms with Crippen LogP contribution >= 0.6 is 0 Å². The SMILES string of the molecule is CC(C)(C)OC(=O)N1CCC(O)C2(CCCNC2)C1. The first kappa shape index (κ1) is 14.6. The van der Waals surface area contributed by atoms with Crippen LogP contribution in [0.15, 0.2) is 0 Å². The lowest BCUT2D eigenvalue weighted by molar-refractivity contribution is -0.0635. The van der Waals surface area contributed by atoms with Crippen LogP contribution in [0.25, 0.3) is 0 Å². The summed E-state index contributed by atoms with van der Waals surface area (Å²) in [4.78, 5) is 13.9. The van der Waals surface area contributed by atoms with E-state index in [1.54, 1.807) is 4.90 Å². The number of nitrogens with one attached hydrogen (secondary N) is 1. The van der Waals surface area contributed by atoms with Crippen molar-refractivity contribution in [1.82, 2.24) is 10.2 Å². The van der Waals surface area contributed by atoms with Crippen LogP contribution in [0.2, 0.25) is 0 Å². The van der Waals surface area contributed by atoms with Gasteiger partial charge in [0, 0.05) is 25.0 Å². The molecule has 5 heteroatoms. The topological polar surface area (TPSA) is 61.8 Å². The third-order valence-corrected chi connectivity index (χ3v) is 4.04. The predicted molar refractivity (Wildman–Crippen MR) is 73.0 cm³/mol. The maximum absolute atomic E-state index is 12.1. The van der Waals surface area contributed by atoms with Gasteiger partial charge >= 0.3 is 6.09 Å². The predicted octanol–water partition coefficient (Wildman–Crippen LogP) is 1.36. The van der Waals surface area contributed by atoms with E-state index in [9.17, 15) is 9.90 Å². The Labute approximate surface area is 115 Å². The second-order valence-corrected chi connectivity index (χ2v) is 6.85. The molecule has 2 heterocycles.